The molecule has 0 bridgehead atoms. The highest BCUT2D eigenvalue weighted by Gasteiger charge is 2.29. The summed E-state index contributed by atoms with van der Waals surface area (Å²) in [7, 11) is 0. The van der Waals surface area contributed by atoms with E-state index in [1.807, 2.05) is 37.3 Å². The standard InChI is InChI=1S/C19H16N5O2/c1-19(20,12-13-6-3-2-4-7-13)18-24-23-17(26-18)15-9-5-8-14(22-15)16-21-10-11-25-16/h2-4,6-11H,12,20H2,1H3/t19-/m1/s1. The third-order valence-electron chi connectivity index (χ3n) is 3.88. The van der Waals surface area contributed by atoms with E-state index in [0.717, 1.165) is 5.56 Å². The molecule has 129 valence electrons. The quantitative estimate of drug-likeness (QED) is 0.592. The summed E-state index contributed by atoms with van der Waals surface area (Å²) in [6.45, 7) is 1.86. The molecule has 0 amide bonds. The zero-order valence-electron chi connectivity index (χ0n) is 14.1. The summed E-state index contributed by atoms with van der Waals surface area (Å²) in [6, 6.07) is 16.3. The van der Waals surface area contributed by atoms with Gasteiger partial charge in [0.1, 0.15) is 17.7 Å². The zero-order chi connectivity index (χ0) is 18.0. The maximum Gasteiger partial charge on any atom is 0.266 e. The number of pyridine rings is 1. The van der Waals surface area contributed by atoms with Crippen molar-refractivity contribution < 1.29 is 8.83 Å². The van der Waals surface area contributed by atoms with Crippen LogP contribution in [0, 0.1) is 6.07 Å². The van der Waals surface area contributed by atoms with Gasteiger partial charge in [-0.2, -0.15) is 0 Å². The molecular weight excluding hydrogens is 330 g/mol. The van der Waals surface area contributed by atoms with Crippen LogP contribution >= 0.6 is 0 Å². The number of hydrogen-bond donors (Lipinski definition) is 1. The number of benzene rings is 1. The molecule has 1 atom stereocenters. The van der Waals surface area contributed by atoms with Crippen LogP contribution in [-0.2, 0) is 12.0 Å². The van der Waals surface area contributed by atoms with E-state index in [0.29, 0.717) is 29.6 Å². The van der Waals surface area contributed by atoms with E-state index in [-0.39, 0.29) is 5.89 Å². The summed E-state index contributed by atoms with van der Waals surface area (Å²) in [4.78, 5) is 8.52. The van der Waals surface area contributed by atoms with Crippen molar-refractivity contribution in [1.82, 2.24) is 20.2 Å². The Kier molecular flexibility index (Phi) is 4.06. The Labute approximate surface area is 149 Å². The summed E-state index contributed by atoms with van der Waals surface area (Å²) in [5.41, 5.74) is 7.73. The fraction of sp³-hybridized carbons (Fsp3) is 0.158. The van der Waals surface area contributed by atoms with Gasteiger partial charge in [0, 0.05) is 0 Å². The molecule has 0 unspecified atom stereocenters. The minimum Gasteiger partial charge on any atom is -0.443 e. The molecule has 0 aliphatic rings. The largest absolute Gasteiger partial charge is 0.443 e. The highest BCUT2D eigenvalue weighted by atomic mass is 16.4. The second-order valence-corrected chi connectivity index (χ2v) is 6.17. The fourth-order valence-corrected chi connectivity index (χ4v) is 2.62. The molecule has 3 heterocycles. The first kappa shape index (κ1) is 16.2. The van der Waals surface area contributed by atoms with Gasteiger partial charge < -0.3 is 14.6 Å². The lowest BCUT2D eigenvalue weighted by atomic mass is 9.94. The van der Waals surface area contributed by atoms with Gasteiger partial charge in [0.25, 0.3) is 5.89 Å². The van der Waals surface area contributed by atoms with Crippen LogP contribution in [0.25, 0.3) is 23.2 Å². The Hall–Kier alpha value is -3.32. The predicted octanol–water partition coefficient (Wildman–Crippen LogP) is 3.00. The zero-order valence-corrected chi connectivity index (χ0v) is 14.1. The topological polar surface area (TPSA) is 104 Å². The summed E-state index contributed by atoms with van der Waals surface area (Å²) >= 11 is 0. The average Bonchev–Trinajstić information content (AvgIpc) is 3.35. The molecule has 4 aromatic rings. The summed E-state index contributed by atoms with van der Waals surface area (Å²) in [5.74, 6) is 1.02. The number of nitrogens with zero attached hydrogens (tertiary/aromatic N) is 4. The molecule has 0 fully saturated rings. The van der Waals surface area contributed by atoms with E-state index in [1.54, 1.807) is 18.3 Å². The number of aromatic nitrogens is 4. The molecule has 7 heteroatoms. The van der Waals surface area contributed by atoms with Crippen LogP contribution in [-0.4, -0.2) is 20.2 Å². The molecule has 0 saturated carbocycles. The van der Waals surface area contributed by atoms with Gasteiger partial charge in [0.2, 0.25) is 11.8 Å². The van der Waals surface area contributed by atoms with E-state index >= 15 is 0 Å². The Morgan fingerprint density at radius 2 is 1.85 bits per heavy atom. The molecule has 4 rings (SSSR count). The van der Waals surface area contributed by atoms with Crippen molar-refractivity contribution in [1.29, 1.82) is 0 Å². The van der Waals surface area contributed by atoms with Crippen molar-refractivity contribution in [2.75, 3.05) is 0 Å². The van der Waals surface area contributed by atoms with Gasteiger partial charge in [-0.15, -0.1) is 10.2 Å². The molecular formula is C19H16N5O2. The second-order valence-electron chi connectivity index (χ2n) is 6.17. The Morgan fingerprint density at radius 1 is 1.08 bits per heavy atom. The first-order valence-corrected chi connectivity index (χ1v) is 8.07. The molecule has 0 aliphatic carbocycles. The lowest BCUT2D eigenvalue weighted by molar-refractivity contribution is 0.355. The molecule has 1 aromatic carbocycles. The SMILES string of the molecule is C[C@@](N)(Cc1ccccc1)c1nnc(-c2c[c]cc(-c3ncco3)n2)o1. The maximum absolute atomic E-state index is 6.42. The lowest BCUT2D eigenvalue weighted by Gasteiger charge is -2.19. The van der Waals surface area contributed by atoms with Gasteiger partial charge in [0.15, 0.2) is 0 Å². The van der Waals surface area contributed by atoms with Gasteiger partial charge >= 0.3 is 0 Å². The number of nitrogens with two attached hydrogens (primary N) is 1. The van der Waals surface area contributed by atoms with Crippen LogP contribution in [0.4, 0.5) is 0 Å². The Bertz CT molecular complexity index is 994. The molecule has 2 N–H and O–H groups in total. The monoisotopic (exact) mass is 346 g/mol. The summed E-state index contributed by atoms with van der Waals surface area (Å²) in [5, 5.41) is 8.20. The third kappa shape index (κ3) is 3.25. The van der Waals surface area contributed by atoms with Crippen molar-refractivity contribution in [3.8, 4) is 23.2 Å². The van der Waals surface area contributed by atoms with Crippen LogP contribution in [0.5, 0.6) is 0 Å². The van der Waals surface area contributed by atoms with Crippen LogP contribution in [0.15, 0.2) is 63.8 Å². The van der Waals surface area contributed by atoms with Gasteiger partial charge in [-0.1, -0.05) is 30.3 Å². The molecule has 1 radical (unpaired) electrons. The van der Waals surface area contributed by atoms with Crippen LogP contribution in [0.2, 0.25) is 0 Å². The number of rotatable bonds is 5. The van der Waals surface area contributed by atoms with Crippen LogP contribution < -0.4 is 5.73 Å². The van der Waals surface area contributed by atoms with E-state index < -0.39 is 5.54 Å². The molecule has 0 spiro atoms. The minimum atomic E-state index is -0.795. The number of oxazole rings is 1. The highest BCUT2D eigenvalue weighted by molar-refractivity contribution is 5.54. The fourth-order valence-electron chi connectivity index (χ4n) is 2.62. The van der Waals surface area contributed by atoms with Gasteiger partial charge in [-0.25, -0.2) is 9.97 Å². The number of hydrogen-bond acceptors (Lipinski definition) is 7. The van der Waals surface area contributed by atoms with Crippen molar-refractivity contribution in [2.24, 2.45) is 5.73 Å². The summed E-state index contributed by atoms with van der Waals surface area (Å²) < 4.78 is 11.1. The summed E-state index contributed by atoms with van der Waals surface area (Å²) in [6.07, 6.45) is 3.61. The second kappa shape index (κ2) is 6.53. The van der Waals surface area contributed by atoms with E-state index in [1.165, 1.54) is 6.26 Å². The lowest BCUT2D eigenvalue weighted by Crippen LogP contribution is -2.35. The minimum absolute atomic E-state index is 0.273. The highest BCUT2D eigenvalue weighted by Crippen LogP contribution is 2.26. The van der Waals surface area contributed by atoms with Gasteiger partial charge in [-0.3, -0.25) is 0 Å². The third-order valence-corrected chi connectivity index (χ3v) is 3.88. The Morgan fingerprint density at radius 3 is 2.58 bits per heavy atom. The molecule has 7 nitrogen and oxygen atoms in total. The van der Waals surface area contributed by atoms with Crippen LogP contribution in [0.3, 0.4) is 0 Å². The first-order chi connectivity index (χ1) is 12.6. The molecule has 0 aliphatic heterocycles. The van der Waals surface area contributed by atoms with Crippen molar-refractivity contribution in [2.45, 2.75) is 18.9 Å². The van der Waals surface area contributed by atoms with Gasteiger partial charge in [-0.05, 0) is 37.1 Å². The predicted molar refractivity (Wildman–Crippen MR) is 93.5 cm³/mol. The molecule has 0 saturated heterocycles. The van der Waals surface area contributed by atoms with Gasteiger partial charge in [0.05, 0.1) is 11.7 Å². The normalized spacial score (nSPS) is 13.5. The van der Waals surface area contributed by atoms with E-state index in [4.69, 9.17) is 14.6 Å². The smallest absolute Gasteiger partial charge is 0.266 e. The maximum atomic E-state index is 6.42. The van der Waals surface area contributed by atoms with Crippen LogP contribution in [0.1, 0.15) is 18.4 Å². The average molecular weight is 346 g/mol. The Balaban J connectivity index is 1.61. The molecule has 26 heavy (non-hydrogen) atoms. The van der Waals surface area contributed by atoms with Crippen molar-refractivity contribution in [3.05, 3.63) is 72.4 Å². The van der Waals surface area contributed by atoms with E-state index in [2.05, 4.69) is 26.2 Å². The van der Waals surface area contributed by atoms with Crippen molar-refractivity contribution >= 4 is 0 Å². The molecule has 3 aromatic heterocycles. The van der Waals surface area contributed by atoms with Crippen molar-refractivity contribution in [3.63, 3.8) is 0 Å². The van der Waals surface area contributed by atoms with E-state index in [9.17, 15) is 0 Å². The first-order valence-electron chi connectivity index (χ1n) is 8.07.